The van der Waals surface area contributed by atoms with Crippen LogP contribution in [0.1, 0.15) is 27.7 Å². The molecule has 1 aromatic carbocycles. The maximum absolute atomic E-state index is 12.6. The Kier molecular flexibility index (Phi) is 6.28. The number of carbonyl (C=O) groups excluding carboxylic acids is 1. The van der Waals surface area contributed by atoms with Gasteiger partial charge >= 0.3 is 6.09 Å². The van der Waals surface area contributed by atoms with Crippen LogP contribution in [0.15, 0.2) is 55.2 Å². The van der Waals surface area contributed by atoms with Crippen LogP contribution in [0.5, 0.6) is 5.75 Å². The number of phenols is 1. The molecule has 1 saturated heterocycles. The van der Waals surface area contributed by atoms with Gasteiger partial charge in [-0.15, -0.1) is 5.10 Å². The molecule has 37 heavy (non-hydrogen) atoms. The summed E-state index contributed by atoms with van der Waals surface area (Å²) in [4.78, 5) is 29.4. The van der Waals surface area contributed by atoms with Crippen molar-refractivity contribution >= 4 is 34.3 Å². The molecule has 192 valence electrons. The molecular weight excluding hydrogens is 472 g/mol. The minimum absolute atomic E-state index is 0.0608. The zero-order valence-electron chi connectivity index (χ0n) is 21.3. The number of fused-ring (bicyclic) bond motifs is 1. The molecule has 1 aliphatic heterocycles. The first-order chi connectivity index (χ1) is 17.7. The Bertz CT molecular complexity index is 1420. The number of hydrogen-bond donors (Lipinski definition) is 2. The first kappa shape index (κ1) is 24.3. The lowest BCUT2D eigenvalue weighted by Crippen LogP contribution is -2.54. The minimum Gasteiger partial charge on any atom is -0.508 e. The highest BCUT2D eigenvalue weighted by Crippen LogP contribution is 2.31. The number of rotatable bonds is 4. The van der Waals surface area contributed by atoms with Gasteiger partial charge in [0.05, 0.1) is 35.5 Å². The molecule has 0 saturated carbocycles. The molecule has 0 aliphatic carbocycles. The molecule has 4 heterocycles. The Morgan fingerprint density at radius 2 is 1.89 bits per heavy atom. The molecule has 0 unspecified atom stereocenters. The Balaban J connectivity index is 1.43. The van der Waals surface area contributed by atoms with Crippen LogP contribution in [0, 0.1) is 0 Å². The summed E-state index contributed by atoms with van der Waals surface area (Å²) in [5.41, 5.74) is 1.84. The van der Waals surface area contributed by atoms with Crippen LogP contribution in [-0.4, -0.2) is 72.1 Å². The molecular formula is C26H30N8O3. The standard InChI is InChI=1S/C26H30N8O3/c1-17-16-32(25(36)37-26(2,3)4)9-10-33(17)18-11-19(14-28-13-18)34-22-12-20(35)5-6-21(22)24(31-34)30-23-15-27-7-8-29-23/h5-8,11-15,17,35H,9-10,16H2,1-4H3,(H,29,30,31)/t17-/m0/s1. The van der Waals surface area contributed by atoms with Gasteiger partial charge in [-0.05, 0) is 45.9 Å². The van der Waals surface area contributed by atoms with Crippen molar-refractivity contribution in [2.75, 3.05) is 29.9 Å². The topological polar surface area (TPSA) is 122 Å². The van der Waals surface area contributed by atoms with E-state index in [-0.39, 0.29) is 17.9 Å². The van der Waals surface area contributed by atoms with E-state index in [2.05, 4.69) is 32.1 Å². The van der Waals surface area contributed by atoms with Gasteiger partial charge < -0.3 is 25.0 Å². The summed E-state index contributed by atoms with van der Waals surface area (Å²) in [6.45, 7) is 9.43. The highest BCUT2D eigenvalue weighted by Gasteiger charge is 2.30. The number of ether oxygens (including phenoxy) is 1. The predicted molar refractivity (Wildman–Crippen MR) is 140 cm³/mol. The van der Waals surface area contributed by atoms with Crippen LogP contribution >= 0.6 is 0 Å². The van der Waals surface area contributed by atoms with Crippen molar-refractivity contribution in [2.45, 2.75) is 39.3 Å². The second kappa shape index (κ2) is 9.57. The Hall–Kier alpha value is -4.41. The van der Waals surface area contributed by atoms with Crippen LogP contribution in [0.25, 0.3) is 16.6 Å². The fraction of sp³-hybridized carbons (Fsp3) is 0.346. The zero-order valence-corrected chi connectivity index (χ0v) is 21.3. The Morgan fingerprint density at radius 3 is 2.62 bits per heavy atom. The van der Waals surface area contributed by atoms with Crippen molar-refractivity contribution < 1.29 is 14.6 Å². The van der Waals surface area contributed by atoms with E-state index in [4.69, 9.17) is 9.84 Å². The number of pyridine rings is 1. The number of phenolic OH excluding ortho intramolecular Hbond substituents is 1. The fourth-order valence-electron chi connectivity index (χ4n) is 4.40. The molecule has 11 nitrogen and oxygen atoms in total. The van der Waals surface area contributed by atoms with E-state index in [1.807, 2.05) is 39.1 Å². The third-order valence-corrected chi connectivity index (χ3v) is 6.04. The second-order valence-corrected chi connectivity index (χ2v) is 10.0. The molecule has 4 aromatic rings. The van der Waals surface area contributed by atoms with Crippen molar-refractivity contribution in [1.82, 2.24) is 29.6 Å². The van der Waals surface area contributed by atoms with Crippen LogP contribution in [0.4, 0.5) is 22.1 Å². The summed E-state index contributed by atoms with van der Waals surface area (Å²) in [5.74, 6) is 1.28. The number of nitrogens with one attached hydrogen (secondary N) is 1. The predicted octanol–water partition coefficient (Wildman–Crippen LogP) is 4.11. The number of piperazine rings is 1. The minimum atomic E-state index is -0.530. The lowest BCUT2D eigenvalue weighted by atomic mass is 10.1. The smallest absolute Gasteiger partial charge is 0.410 e. The average molecular weight is 503 g/mol. The Labute approximate surface area is 214 Å². The van der Waals surface area contributed by atoms with Crippen molar-refractivity contribution in [1.29, 1.82) is 0 Å². The molecule has 11 heteroatoms. The number of carbonyl (C=O) groups is 1. The van der Waals surface area contributed by atoms with E-state index in [0.717, 1.165) is 16.8 Å². The maximum atomic E-state index is 12.6. The molecule has 2 N–H and O–H groups in total. The van der Waals surface area contributed by atoms with Crippen molar-refractivity contribution in [2.24, 2.45) is 0 Å². The lowest BCUT2D eigenvalue weighted by molar-refractivity contribution is 0.0219. The van der Waals surface area contributed by atoms with Gasteiger partial charge in [-0.3, -0.25) is 9.97 Å². The molecule has 3 aromatic heterocycles. The third kappa shape index (κ3) is 5.25. The van der Waals surface area contributed by atoms with E-state index < -0.39 is 5.60 Å². The summed E-state index contributed by atoms with van der Waals surface area (Å²) in [6, 6.07) is 7.17. The second-order valence-electron chi connectivity index (χ2n) is 10.0. The van der Waals surface area contributed by atoms with E-state index in [0.29, 0.717) is 36.8 Å². The molecule has 0 radical (unpaired) electrons. The van der Waals surface area contributed by atoms with Crippen LogP contribution in [-0.2, 0) is 4.74 Å². The van der Waals surface area contributed by atoms with Gasteiger partial charge in [-0.2, -0.15) is 0 Å². The summed E-state index contributed by atoms with van der Waals surface area (Å²) in [6.07, 6.45) is 8.07. The van der Waals surface area contributed by atoms with Crippen molar-refractivity contribution in [3.05, 3.63) is 55.2 Å². The number of aromatic hydroxyl groups is 1. The molecule has 0 bridgehead atoms. The molecule has 5 rings (SSSR count). The molecule has 1 fully saturated rings. The lowest BCUT2D eigenvalue weighted by Gasteiger charge is -2.41. The van der Waals surface area contributed by atoms with E-state index >= 15 is 0 Å². The number of nitrogens with zero attached hydrogens (tertiary/aromatic N) is 7. The molecule has 0 spiro atoms. The van der Waals surface area contributed by atoms with E-state index in [1.54, 1.807) is 46.5 Å². The first-order valence-corrected chi connectivity index (χ1v) is 12.1. The summed E-state index contributed by atoms with van der Waals surface area (Å²) < 4.78 is 7.29. The maximum Gasteiger partial charge on any atom is 0.410 e. The highest BCUT2D eigenvalue weighted by molar-refractivity contribution is 5.93. The van der Waals surface area contributed by atoms with E-state index in [1.165, 1.54) is 0 Å². The van der Waals surface area contributed by atoms with Crippen LogP contribution in [0.3, 0.4) is 0 Å². The summed E-state index contributed by atoms with van der Waals surface area (Å²) in [7, 11) is 0. The number of hydrogen-bond acceptors (Lipinski definition) is 9. The molecule has 1 aliphatic rings. The average Bonchev–Trinajstić information content (AvgIpc) is 3.21. The Morgan fingerprint density at radius 1 is 1.08 bits per heavy atom. The first-order valence-electron chi connectivity index (χ1n) is 12.1. The summed E-state index contributed by atoms with van der Waals surface area (Å²) in [5, 5.41) is 19.0. The zero-order chi connectivity index (χ0) is 26.2. The van der Waals surface area contributed by atoms with Gasteiger partial charge in [0.15, 0.2) is 5.82 Å². The monoisotopic (exact) mass is 502 g/mol. The number of aromatic nitrogens is 5. The van der Waals surface area contributed by atoms with Crippen molar-refractivity contribution in [3.63, 3.8) is 0 Å². The quantitative estimate of drug-likeness (QED) is 0.425. The number of benzene rings is 1. The highest BCUT2D eigenvalue weighted by atomic mass is 16.6. The van der Waals surface area contributed by atoms with Gasteiger partial charge in [0.2, 0.25) is 0 Å². The third-order valence-electron chi connectivity index (χ3n) is 6.04. The SMILES string of the molecule is C[C@H]1CN(C(=O)OC(C)(C)C)CCN1c1cncc(-n2nc(Nc3cnccn3)c3ccc(O)cc32)c1. The van der Waals surface area contributed by atoms with Gasteiger partial charge in [0, 0.05) is 49.5 Å². The normalized spacial score (nSPS) is 16.2. The van der Waals surface area contributed by atoms with Gasteiger partial charge in [0.1, 0.15) is 17.2 Å². The fourth-order valence-corrected chi connectivity index (χ4v) is 4.40. The van der Waals surface area contributed by atoms with Gasteiger partial charge in [0.25, 0.3) is 0 Å². The number of anilines is 3. The van der Waals surface area contributed by atoms with Crippen molar-refractivity contribution in [3.8, 4) is 11.4 Å². The number of amides is 1. The summed E-state index contributed by atoms with van der Waals surface area (Å²) >= 11 is 0. The molecule has 1 atom stereocenters. The van der Waals surface area contributed by atoms with Gasteiger partial charge in [-0.25, -0.2) is 14.5 Å². The van der Waals surface area contributed by atoms with Gasteiger partial charge in [-0.1, -0.05) is 0 Å². The van der Waals surface area contributed by atoms with Crippen LogP contribution in [0.2, 0.25) is 0 Å². The van der Waals surface area contributed by atoms with E-state index in [9.17, 15) is 9.90 Å². The largest absolute Gasteiger partial charge is 0.508 e. The molecule has 1 amide bonds. The van der Waals surface area contributed by atoms with Crippen LogP contribution < -0.4 is 10.2 Å².